The minimum Gasteiger partial charge on any atom is -0.497 e. The fourth-order valence-electron chi connectivity index (χ4n) is 3.42. The van der Waals surface area contributed by atoms with Crippen LogP contribution in [-0.2, 0) is 20.0 Å². The van der Waals surface area contributed by atoms with E-state index in [9.17, 15) is 8.42 Å². The highest BCUT2D eigenvalue weighted by Crippen LogP contribution is 2.35. The summed E-state index contributed by atoms with van der Waals surface area (Å²) in [7, 11) is 0.426. The molecule has 1 aromatic carbocycles. The molecule has 0 radical (unpaired) electrons. The molecule has 1 aliphatic rings. The summed E-state index contributed by atoms with van der Waals surface area (Å²) in [6.07, 6.45) is 3.65. The number of ether oxygens (including phenoxy) is 2. The number of hydrogen-bond acceptors (Lipinski definition) is 5. The van der Waals surface area contributed by atoms with Crippen LogP contribution in [0.5, 0.6) is 5.75 Å². The molecule has 2 rings (SSSR count). The van der Waals surface area contributed by atoms with E-state index in [-0.39, 0.29) is 41.2 Å². The molecule has 166 valence electrons. The molecule has 9 heteroatoms. The van der Waals surface area contributed by atoms with Gasteiger partial charge in [0.15, 0.2) is 5.96 Å². The number of nitrogens with one attached hydrogen (secondary N) is 2. The Morgan fingerprint density at radius 1 is 1.28 bits per heavy atom. The van der Waals surface area contributed by atoms with Crippen molar-refractivity contribution in [3.63, 3.8) is 0 Å². The van der Waals surface area contributed by atoms with Crippen molar-refractivity contribution in [3.05, 3.63) is 29.8 Å². The number of aliphatic imine (C=N–C) groups is 1. The van der Waals surface area contributed by atoms with Gasteiger partial charge in [-0.25, -0.2) is 8.42 Å². The van der Waals surface area contributed by atoms with E-state index >= 15 is 0 Å². The topological polar surface area (TPSA) is 89.0 Å². The SMILES string of the molecule is CN=C(NCC1(c2ccc(OC)cc2)CCOCC1)NC(C)CCS(C)(=O)=O.I. The number of hydrogen-bond donors (Lipinski definition) is 2. The molecule has 1 aliphatic heterocycles. The minimum atomic E-state index is -2.97. The highest BCUT2D eigenvalue weighted by molar-refractivity contribution is 14.0. The average molecular weight is 539 g/mol. The number of methoxy groups -OCH3 is 1. The summed E-state index contributed by atoms with van der Waals surface area (Å²) >= 11 is 0. The van der Waals surface area contributed by atoms with Gasteiger partial charge in [-0.15, -0.1) is 24.0 Å². The molecule has 1 aromatic rings. The molecule has 0 bridgehead atoms. The molecule has 0 aliphatic carbocycles. The summed E-state index contributed by atoms with van der Waals surface area (Å²) in [6, 6.07) is 8.24. The van der Waals surface area contributed by atoms with Crippen molar-refractivity contribution in [3.8, 4) is 5.75 Å². The summed E-state index contributed by atoms with van der Waals surface area (Å²) in [5, 5.41) is 6.73. The van der Waals surface area contributed by atoms with Crippen LogP contribution in [0, 0.1) is 0 Å². The fourth-order valence-corrected chi connectivity index (χ4v) is 4.20. The fraction of sp³-hybridized carbons (Fsp3) is 0.650. The molecule has 0 aromatic heterocycles. The molecule has 7 nitrogen and oxygen atoms in total. The van der Waals surface area contributed by atoms with Crippen LogP contribution in [0.25, 0.3) is 0 Å². The zero-order chi connectivity index (χ0) is 20.6. The Labute approximate surface area is 192 Å². The van der Waals surface area contributed by atoms with Crippen molar-refractivity contribution in [1.82, 2.24) is 10.6 Å². The van der Waals surface area contributed by atoms with E-state index in [1.54, 1.807) is 14.2 Å². The Morgan fingerprint density at radius 3 is 2.41 bits per heavy atom. The zero-order valence-corrected chi connectivity index (χ0v) is 20.9. The highest BCUT2D eigenvalue weighted by Gasteiger charge is 2.34. The van der Waals surface area contributed by atoms with E-state index in [0.29, 0.717) is 12.4 Å². The second kappa shape index (κ2) is 11.9. The number of benzene rings is 1. The lowest BCUT2D eigenvalue weighted by Gasteiger charge is -2.38. The van der Waals surface area contributed by atoms with Gasteiger partial charge >= 0.3 is 0 Å². The number of halogens is 1. The summed E-state index contributed by atoms with van der Waals surface area (Å²) in [4.78, 5) is 4.30. The molecule has 0 spiro atoms. The van der Waals surface area contributed by atoms with E-state index in [4.69, 9.17) is 9.47 Å². The van der Waals surface area contributed by atoms with Crippen molar-refractivity contribution in [2.45, 2.75) is 37.6 Å². The van der Waals surface area contributed by atoms with E-state index in [2.05, 4.69) is 27.8 Å². The average Bonchev–Trinajstić information content (AvgIpc) is 2.69. The molecule has 1 saturated heterocycles. The van der Waals surface area contributed by atoms with Crippen molar-refractivity contribution >= 4 is 39.8 Å². The van der Waals surface area contributed by atoms with Gasteiger partial charge in [-0.05, 0) is 43.9 Å². The van der Waals surface area contributed by atoms with E-state index in [1.165, 1.54) is 11.8 Å². The van der Waals surface area contributed by atoms with Crippen molar-refractivity contribution in [1.29, 1.82) is 0 Å². The van der Waals surface area contributed by atoms with Gasteiger partial charge in [0.25, 0.3) is 0 Å². The normalized spacial score (nSPS) is 17.7. The van der Waals surface area contributed by atoms with Gasteiger partial charge in [0, 0.05) is 44.5 Å². The van der Waals surface area contributed by atoms with Crippen LogP contribution in [0.3, 0.4) is 0 Å². The second-order valence-electron chi connectivity index (χ2n) is 7.51. The van der Waals surface area contributed by atoms with Gasteiger partial charge in [0.05, 0.1) is 12.9 Å². The molecular formula is C20H34IN3O4S. The molecule has 1 unspecified atom stereocenters. The molecule has 0 saturated carbocycles. The predicted octanol–water partition coefficient (Wildman–Crippen LogP) is 2.35. The Morgan fingerprint density at radius 2 is 1.90 bits per heavy atom. The molecule has 1 atom stereocenters. The quantitative estimate of drug-likeness (QED) is 0.300. The van der Waals surface area contributed by atoms with Crippen molar-refractivity contribution < 1.29 is 17.9 Å². The molecule has 0 amide bonds. The van der Waals surface area contributed by atoms with Gasteiger partial charge in [0.2, 0.25) is 0 Å². The molecule has 1 heterocycles. The van der Waals surface area contributed by atoms with Crippen LogP contribution in [0.1, 0.15) is 31.7 Å². The highest BCUT2D eigenvalue weighted by atomic mass is 127. The summed E-state index contributed by atoms with van der Waals surface area (Å²) < 4.78 is 33.6. The Hall–Kier alpha value is -1.07. The van der Waals surface area contributed by atoms with Crippen LogP contribution in [0.15, 0.2) is 29.3 Å². The van der Waals surface area contributed by atoms with E-state index < -0.39 is 9.84 Å². The van der Waals surface area contributed by atoms with Crippen LogP contribution in [-0.4, -0.2) is 66.3 Å². The summed E-state index contributed by atoms with van der Waals surface area (Å²) in [5.41, 5.74) is 1.21. The lowest BCUT2D eigenvalue weighted by atomic mass is 9.74. The van der Waals surface area contributed by atoms with Crippen LogP contribution >= 0.6 is 24.0 Å². The first-order valence-corrected chi connectivity index (χ1v) is 11.7. The molecule has 1 fully saturated rings. The Balaban J connectivity index is 0.00000420. The van der Waals surface area contributed by atoms with E-state index in [1.807, 2.05) is 19.1 Å². The van der Waals surface area contributed by atoms with Crippen LogP contribution in [0.4, 0.5) is 0 Å². The number of rotatable bonds is 8. The summed E-state index contributed by atoms with van der Waals surface area (Å²) in [6.45, 7) is 4.14. The third kappa shape index (κ3) is 8.29. The van der Waals surface area contributed by atoms with Crippen molar-refractivity contribution in [2.24, 2.45) is 4.99 Å². The second-order valence-corrected chi connectivity index (χ2v) is 9.77. The Bertz CT molecular complexity index is 747. The molecular weight excluding hydrogens is 505 g/mol. The Kier molecular flexibility index (Phi) is 10.7. The standard InChI is InChI=1S/C20H33N3O4S.HI/c1-16(9-14-28(4,24)25)23-19(21-2)22-15-20(10-12-27-13-11-20)17-5-7-18(26-3)8-6-17;/h5-8,16H,9-15H2,1-4H3,(H2,21,22,23);1H. The first-order valence-electron chi connectivity index (χ1n) is 9.65. The first kappa shape index (κ1) is 26.0. The first-order chi connectivity index (χ1) is 13.3. The zero-order valence-electron chi connectivity index (χ0n) is 17.7. The van der Waals surface area contributed by atoms with Gasteiger partial charge in [0.1, 0.15) is 15.6 Å². The van der Waals surface area contributed by atoms with Gasteiger partial charge in [-0.3, -0.25) is 4.99 Å². The third-order valence-corrected chi connectivity index (χ3v) is 6.25. The maximum absolute atomic E-state index is 11.4. The maximum Gasteiger partial charge on any atom is 0.191 e. The molecule has 2 N–H and O–H groups in total. The summed E-state index contributed by atoms with van der Waals surface area (Å²) in [5.74, 6) is 1.68. The van der Waals surface area contributed by atoms with Gasteiger partial charge in [-0.2, -0.15) is 0 Å². The van der Waals surface area contributed by atoms with Crippen LogP contribution in [0.2, 0.25) is 0 Å². The maximum atomic E-state index is 11.4. The lowest BCUT2D eigenvalue weighted by Crippen LogP contribution is -2.49. The third-order valence-electron chi connectivity index (χ3n) is 5.27. The van der Waals surface area contributed by atoms with Gasteiger partial charge in [-0.1, -0.05) is 12.1 Å². The lowest BCUT2D eigenvalue weighted by molar-refractivity contribution is 0.0513. The predicted molar refractivity (Wildman–Crippen MR) is 128 cm³/mol. The van der Waals surface area contributed by atoms with Gasteiger partial charge < -0.3 is 20.1 Å². The monoisotopic (exact) mass is 539 g/mol. The smallest absolute Gasteiger partial charge is 0.191 e. The van der Waals surface area contributed by atoms with Crippen molar-refractivity contribution in [2.75, 3.05) is 45.9 Å². The number of guanidine groups is 1. The molecule has 29 heavy (non-hydrogen) atoms. The minimum absolute atomic E-state index is 0. The number of sulfone groups is 1. The number of nitrogens with zero attached hydrogens (tertiary/aromatic N) is 1. The largest absolute Gasteiger partial charge is 0.497 e. The van der Waals surface area contributed by atoms with Crippen LogP contribution < -0.4 is 15.4 Å². The van der Waals surface area contributed by atoms with E-state index in [0.717, 1.165) is 38.3 Å².